The molecule has 0 aromatic carbocycles. The fourth-order valence-corrected chi connectivity index (χ4v) is 6.04. The lowest BCUT2D eigenvalue weighted by atomic mass is 10.1. The van der Waals surface area contributed by atoms with E-state index in [0.717, 1.165) is 83.5 Å². The van der Waals surface area contributed by atoms with Crippen LogP contribution in [0.15, 0.2) is 48.6 Å². The van der Waals surface area contributed by atoms with Gasteiger partial charge in [-0.15, -0.1) is 0 Å². The van der Waals surface area contributed by atoms with Gasteiger partial charge in [0, 0.05) is 12.8 Å². The smallest absolute Gasteiger partial charge is 0.462 e. The molecule has 0 aliphatic rings. The molecule has 0 aromatic rings. The second kappa shape index (κ2) is 37.8. The first kappa shape index (κ1) is 49.0. The Labute approximate surface area is 312 Å². The van der Waals surface area contributed by atoms with E-state index in [4.69, 9.17) is 18.5 Å². The molecule has 0 aliphatic heterocycles. The van der Waals surface area contributed by atoms with Gasteiger partial charge in [-0.1, -0.05) is 134 Å². The number of unbranched alkanes of at least 4 members (excludes halogenated alkanes) is 16. The molecule has 0 bridgehead atoms. The molecule has 51 heavy (non-hydrogen) atoms. The summed E-state index contributed by atoms with van der Waals surface area (Å²) in [5, 5.41) is 0. The number of rotatable bonds is 37. The number of esters is 2. The molecule has 296 valence electrons. The third kappa shape index (κ3) is 37.6. The molecule has 0 amide bonds. The van der Waals surface area contributed by atoms with Crippen molar-refractivity contribution in [3.63, 3.8) is 0 Å². The monoisotopic (exact) mass is 739 g/mol. The largest absolute Gasteiger partial charge is 0.472 e. The molecule has 0 aliphatic carbocycles. The summed E-state index contributed by atoms with van der Waals surface area (Å²) in [6.45, 7) is 5.69. The highest BCUT2D eigenvalue weighted by Gasteiger charge is 2.25. The zero-order valence-corrected chi connectivity index (χ0v) is 33.6. The Balaban J connectivity index is 4.26. The van der Waals surface area contributed by atoms with Gasteiger partial charge in [0.25, 0.3) is 0 Å². The van der Waals surface area contributed by atoms with E-state index in [1.807, 2.05) is 6.92 Å². The number of carbonyl (C=O) groups excluding carboxylic acids is 2. The van der Waals surface area contributed by atoms with Crippen molar-refractivity contribution in [2.75, 3.05) is 19.8 Å². The minimum Gasteiger partial charge on any atom is -0.462 e. The van der Waals surface area contributed by atoms with Crippen molar-refractivity contribution in [2.45, 2.75) is 187 Å². The van der Waals surface area contributed by atoms with E-state index in [-0.39, 0.29) is 32.0 Å². The van der Waals surface area contributed by atoms with Crippen LogP contribution in [0.4, 0.5) is 0 Å². The molecule has 2 atom stereocenters. The predicted molar refractivity (Wildman–Crippen MR) is 212 cm³/mol. The Kier molecular flexibility index (Phi) is 36.3. The van der Waals surface area contributed by atoms with Crippen LogP contribution in [-0.4, -0.2) is 42.8 Å². The van der Waals surface area contributed by atoms with Crippen molar-refractivity contribution >= 4 is 19.8 Å². The van der Waals surface area contributed by atoms with Gasteiger partial charge < -0.3 is 14.4 Å². The van der Waals surface area contributed by atoms with Crippen LogP contribution in [0.25, 0.3) is 0 Å². The van der Waals surface area contributed by atoms with E-state index >= 15 is 0 Å². The molecular weight excluding hydrogens is 663 g/mol. The first-order chi connectivity index (χ1) is 24.8. The lowest BCUT2D eigenvalue weighted by Crippen LogP contribution is -2.29. The Morgan fingerprint density at radius 1 is 0.529 bits per heavy atom. The molecular formula is C42H75O8P. The quantitative estimate of drug-likeness (QED) is 0.0290. The zero-order chi connectivity index (χ0) is 37.5. The highest BCUT2D eigenvalue weighted by molar-refractivity contribution is 7.47. The molecule has 0 rings (SSSR count). The number of carbonyl (C=O) groups is 2. The third-order valence-corrected chi connectivity index (χ3v) is 9.26. The Morgan fingerprint density at radius 3 is 1.43 bits per heavy atom. The van der Waals surface area contributed by atoms with E-state index < -0.39 is 26.5 Å². The average Bonchev–Trinajstić information content (AvgIpc) is 3.11. The summed E-state index contributed by atoms with van der Waals surface area (Å²) in [6.07, 6.45) is 42.1. The Hall–Kier alpha value is -1.99. The molecule has 0 saturated heterocycles. The number of phosphoric ester groups is 1. The fourth-order valence-electron chi connectivity index (χ4n) is 5.20. The zero-order valence-electron chi connectivity index (χ0n) is 32.7. The second-order valence-electron chi connectivity index (χ2n) is 13.4. The molecule has 9 heteroatoms. The lowest BCUT2D eigenvalue weighted by molar-refractivity contribution is -0.161. The summed E-state index contributed by atoms with van der Waals surface area (Å²) in [6, 6.07) is 0. The van der Waals surface area contributed by atoms with E-state index in [2.05, 4.69) is 62.5 Å². The van der Waals surface area contributed by atoms with Gasteiger partial charge in [-0.3, -0.25) is 18.6 Å². The molecule has 1 unspecified atom stereocenters. The van der Waals surface area contributed by atoms with Crippen molar-refractivity contribution in [2.24, 2.45) is 0 Å². The van der Waals surface area contributed by atoms with Gasteiger partial charge in [0.15, 0.2) is 6.10 Å². The molecule has 0 heterocycles. The number of ether oxygens (including phenoxy) is 2. The van der Waals surface area contributed by atoms with Crippen molar-refractivity contribution in [1.82, 2.24) is 0 Å². The Bertz CT molecular complexity index is 974. The maximum Gasteiger partial charge on any atom is 0.472 e. The normalized spacial score (nSPS) is 13.9. The minimum absolute atomic E-state index is 0.0631. The molecule has 0 fully saturated rings. The summed E-state index contributed by atoms with van der Waals surface area (Å²) in [4.78, 5) is 34.8. The first-order valence-electron chi connectivity index (χ1n) is 20.4. The van der Waals surface area contributed by atoms with Crippen molar-refractivity contribution in [3.8, 4) is 0 Å². The Morgan fingerprint density at radius 2 is 0.961 bits per heavy atom. The fraction of sp³-hybridized carbons (Fsp3) is 0.762. The summed E-state index contributed by atoms with van der Waals surface area (Å²) < 4.78 is 33.0. The number of phosphoric acid groups is 1. The highest BCUT2D eigenvalue weighted by Crippen LogP contribution is 2.43. The van der Waals surface area contributed by atoms with Gasteiger partial charge >= 0.3 is 19.8 Å². The van der Waals surface area contributed by atoms with Crippen LogP contribution in [0.3, 0.4) is 0 Å². The standard InChI is InChI=1S/C42H75O8P/c1-4-7-9-11-13-15-17-19-21-23-25-27-29-31-33-35-41(43)47-38-40(39-49-51(45,46)48-37-6-3)50-42(44)36-34-32-30-28-26-24-22-20-18-16-14-12-10-8-5-2/h13-16,19-22,40H,4-12,17-18,23-39H2,1-3H3,(H,45,46)/b15-13-,16-14-,21-19-,22-20-/t40-/m1/s1. The SMILES string of the molecule is CCCCC/C=C\C/C=C\CCCCCCCC(=O)OC[C@H](COP(=O)(O)OCCC)OC(=O)CCCCCCC/C=C\C/C=C\CCCCC. The summed E-state index contributed by atoms with van der Waals surface area (Å²) in [5.41, 5.74) is 0. The highest BCUT2D eigenvalue weighted by atomic mass is 31.2. The van der Waals surface area contributed by atoms with Crippen LogP contribution in [0, 0.1) is 0 Å². The summed E-state index contributed by atoms with van der Waals surface area (Å²) in [5.74, 6) is -0.828. The second-order valence-corrected chi connectivity index (χ2v) is 14.8. The first-order valence-corrected chi connectivity index (χ1v) is 21.9. The molecule has 1 N–H and O–H groups in total. The van der Waals surface area contributed by atoms with Gasteiger partial charge in [-0.05, 0) is 83.5 Å². The van der Waals surface area contributed by atoms with Gasteiger partial charge in [0.05, 0.1) is 13.2 Å². The van der Waals surface area contributed by atoms with Crippen LogP contribution in [0.2, 0.25) is 0 Å². The van der Waals surface area contributed by atoms with Crippen LogP contribution in [0.1, 0.15) is 181 Å². The van der Waals surface area contributed by atoms with E-state index in [1.165, 1.54) is 51.4 Å². The van der Waals surface area contributed by atoms with Gasteiger partial charge in [0.2, 0.25) is 0 Å². The molecule has 0 spiro atoms. The number of allylic oxidation sites excluding steroid dienone is 8. The van der Waals surface area contributed by atoms with Crippen LogP contribution >= 0.6 is 7.82 Å². The molecule has 0 radical (unpaired) electrons. The van der Waals surface area contributed by atoms with Gasteiger partial charge in [0.1, 0.15) is 6.61 Å². The maximum atomic E-state index is 12.6. The molecule has 0 saturated carbocycles. The van der Waals surface area contributed by atoms with Gasteiger partial charge in [-0.2, -0.15) is 0 Å². The minimum atomic E-state index is -4.30. The van der Waals surface area contributed by atoms with Gasteiger partial charge in [-0.25, -0.2) is 4.57 Å². The summed E-state index contributed by atoms with van der Waals surface area (Å²) >= 11 is 0. The third-order valence-electron chi connectivity index (χ3n) is 8.27. The predicted octanol–water partition coefficient (Wildman–Crippen LogP) is 12.6. The van der Waals surface area contributed by atoms with Crippen LogP contribution < -0.4 is 0 Å². The topological polar surface area (TPSA) is 108 Å². The molecule has 0 aromatic heterocycles. The molecule has 8 nitrogen and oxygen atoms in total. The van der Waals surface area contributed by atoms with Crippen molar-refractivity contribution in [1.29, 1.82) is 0 Å². The van der Waals surface area contributed by atoms with Crippen LogP contribution in [-0.2, 0) is 32.7 Å². The van der Waals surface area contributed by atoms with Crippen molar-refractivity contribution in [3.05, 3.63) is 48.6 Å². The average molecular weight is 739 g/mol. The number of hydrogen-bond acceptors (Lipinski definition) is 7. The number of hydrogen-bond donors (Lipinski definition) is 1. The summed E-state index contributed by atoms with van der Waals surface area (Å²) in [7, 11) is -4.30. The van der Waals surface area contributed by atoms with Crippen molar-refractivity contribution < 1.29 is 37.6 Å². The van der Waals surface area contributed by atoms with E-state index in [0.29, 0.717) is 12.8 Å². The maximum absolute atomic E-state index is 12.6. The lowest BCUT2D eigenvalue weighted by Gasteiger charge is -2.20. The van der Waals surface area contributed by atoms with E-state index in [9.17, 15) is 19.0 Å². The van der Waals surface area contributed by atoms with Crippen LogP contribution in [0.5, 0.6) is 0 Å². The van der Waals surface area contributed by atoms with E-state index in [1.54, 1.807) is 0 Å².